The first kappa shape index (κ1) is 22.0. The highest BCUT2D eigenvalue weighted by molar-refractivity contribution is 7.99. The van der Waals surface area contributed by atoms with Crippen LogP contribution in [0.2, 0.25) is 0 Å². The summed E-state index contributed by atoms with van der Waals surface area (Å²) in [5, 5.41) is 3.06. The Balaban J connectivity index is 1.80. The summed E-state index contributed by atoms with van der Waals surface area (Å²) in [5.74, 6) is 1.40. The Bertz CT molecular complexity index is 425. The molecule has 0 saturated heterocycles. The van der Waals surface area contributed by atoms with Crippen molar-refractivity contribution < 1.29 is 4.79 Å². The van der Waals surface area contributed by atoms with Crippen LogP contribution in [0.15, 0.2) is 29.4 Å². The van der Waals surface area contributed by atoms with Crippen LogP contribution < -0.4 is 5.32 Å². The normalized spacial score (nSPS) is 10.8. The van der Waals surface area contributed by atoms with Crippen LogP contribution in [-0.4, -0.2) is 23.2 Å². The van der Waals surface area contributed by atoms with Crippen LogP contribution in [0.5, 0.6) is 0 Å². The standard InChI is InChI=1S/C21H36N2OS/c1-2-3-4-5-6-7-10-13-21(24)23-16-11-8-9-12-19-25-20-14-17-22-18-15-20/h14-15,17-18H,2-13,16,19H2,1H3,(H,23,24). The largest absolute Gasteiger partial charge is 0.356 e. The van der Waals surface area contributed by atoms with Crippen molar-refractivity contribution in [2.24, 2.45) is 0 Å². The molecule has 4 heteroatoms. The zero-order chi connectivity index (χ0) is 18.0. The number of nitrogens with one attached hydrogen (secondary N) is 1. The lowest BCUT2D eigenvalue weighted by Crippen LogP contribution is -2.23. The van der Waals surface area contributed by atoms with Gasteiger partial charge in [0.1, 0.15) is 0 Å². The number of carbonyl (C=O) groups is 1. The van der Waals surface area contributed by atoms with Gasteiger partial charge >= 0.3 is 0 Å². The van der Waals surface area contributed by atoms with Gasteiger partial charge in [0.15, 0.2) is 0 Å². The molecular formula is C21H36N2OS. The van der Waals surface area contributed by atoms with E-state index in [-0.39, 0.29) is 5.91 Å². The molecule has 0 saturated carbocycles. The first-order chi connectivity index (χ1) is 12.3. The van der Waals surface area contributed by atoms with Crippen LogP contribution in [-0.2, 0) is 4.79 Å². The van der Waals surface area contributed by atoms with Crippen molar-refractivity contribution in [3.8, 4) is 0 Å². The highest BCUT2D eigenvalue weighted by Crippen LogP contribution is 2.18. The zero-order valence-electron chi connectivity index (χ0n) is 16.0. The minimum Gasteiger partial charge on any atom is -0.356 e. The summed E-state index contributed by atoms with van der Waals surface area (Å²) in [6.45, 7) is 3.08. The Kier molecular flexibility index (Phi) is 14.5. The first-order valence-corrected chi connectivity index (χ1v) is 11.1. The average Bonchev–Trinajstić information content (AvgIpc) is 2.64. The number of nitrogens with zero attached hydrogens (tertiary/aromatic N) is 1. The summed E-state index contributed by atoms with van der Waals surface area (Å²) in [7, 11) is 0. The predicted octanol–water partition coefficient (Wildman–Crippen LogP) is 5.99. The molecule has 0 fully saturated rings. The van der Waals surface area contributed by atoms with Crippen molar-refractivity contribution in [2.75, 3.05) is 12.3 Å². The molecule has 0 atom stereocenters. The highest BCUT2D eigenvalue weighted by Gasteiger charge is 2.00. The molecule has 1 heterocycles. The lowest BCUT2D eigenvalue weighted by Gasteiger charge is -2.06. The number of amides is 1. The van der Waals surface area contributed by atoms with Gasteiger partial charge in [-0.25, -0.2) is 0 Å². The van der Waals surface area contributed by atoms with Gasteiger partial charge in [-0.2, -0.15) is 0 Å². The van der Waals surface area contributed by atoms with Gasteiger partial charge in [-0.3, -0.25) is 9.78 Å². The molecule has 1 aromatic rings. The van der Waals surface area contributed by atoms with E-state index in [1.807, 2.05) is 24.2 Å². The summed E-state index contributed by atoms with van der Waals surface area (Å²) >= 11 is 1.90. The Morgan fingerprint density at radius 3 is 2.32 bits per heavy atom. The van der Waals surface area contributed by atoms with Crippen LogP contribution in [0.4, 0.5) is 0 Å². The second-order valence-corrected chi connectivity index (χ2v) is 7.84. The van der Waals surface area contributed by atoms with Gasteiger partial charge in [-0.05, 0) is 37.1 Å². The quantitative estimate of drug-likeness (QED) is 0.289. The number of rotatable bonds is 16. The molecule has 0 aliphatic rings. The monoisotopic (exact) mass is 364 g/mol. The maximum Gasteiger partial charge on any atom is 0.219 e. The molecule has 142 valence electrons. The SMILES string of the molecule is CCCCCCCCCC(=O)NCCCCCCSc1ccncc1. The van der Waals surface area contributed by atoms with Gasteiger partial charge in [0, 0.05) is 30.3 Å². The first-order valence-electron chi connectivity index (χ1n) is 10.1. The lowest BCUT2D eigenvalue weighted by atomic mass is 10.1. The van der Waals surface area contributed by atoms with Crippen LogP contribution in [0.1, 0.15) is 84.0 Å². The summed E-state index contributed by atoms with van der Waals surface area (Å²) in [5.41, 5.74) is 0. The molecular weight excluding hydrogens is 328 g/mol. The summed E-state index contributed by atoms with van der Waals surface area (Å²) in [4.78, 5) is 17.1. The van der Waals surface area contributed by atoms with Crippen molar-refractivity contribution in [1.29, 1.82) is 0 Å². The third kappa shape index (κ3) is 13.9. The predicted molar refractivity (Wildman–Crippen MR) is 109 cm³/mol. The van der Waals surface area contributed by atoms with E-state index in [2.05, 4.69) is 29.4 Å². The van der Waals surface area contributed by atoms with Gasteiger partial charge in [0.25, 0.3) is 0 Å². The maximum absolute atomic E-state index is 11.8. The van der Waals surface area contributed by atoms with Crippen molar-refractivity contribution >= 4 is 17.7 Å². The topological polar surface area (TPSA) is 42.0 Å². The molecule has 0 unspecified atom stereocenters. The van der Waals surface area contributed by atoms with Gasteiger partial charge in [0.05, 0.1) is 0 Å². The van der Waals surface area contributed by atoms with Crippen LogP contribution in [0.3, 0.4) is 0 Å². The minimum atomic E-state index is 0.238. The molecule has 0 radical (unpaired) electrons. The van der Waals surface area contributed by atoms with E-state index in [0.717, 1.165) is 25.1 Å². The molecule has 0 aromatic carbocycles. The second-order valence-electron chi connectivity index (χ2n) is 6.67. The molecule has 25 heavy (non-hydrogen) atoms. The smallest absolute Gasteiger partial charge is 0.219 e. The van der Waals surface area contributed by atoms with Crippen molar-refractivity contribution in [1.82, 2.24) is 10.3 Å². The van der Waals surface area contributed by atoms with Gasteiger partial charge in [0.2, 0.25) is 5.91 Å². The highest BCUT2D eigenvalue weighted by atomic mass is 32.2. The van der Waals surface area contributed by atoms with E-state index in [1.54, 1.807) is 0 Å². The summed E-state index contributed by atoms with van der Waals surface area (Å²) in [6, 6.07) is 4.12. The fraction of sp³-hybridized carbons (Fsp3) is 0.714. The molecule has 3 nitrogen and oxygen atoms in total. The molecule has 1 N–H and O–H groups in total. The third-order valence-electron chi connectivity index (χ3n) is 4.32. The van der Waals surface area contributed by atoms with E-state index < -0.39 is 0 Å². The number of unbranched alkanes of at least 4 members (excludes halogenated alkanes) is 9. The Hall–Kier alpha value is -1.03. The molecule has 1 rings (SSSR count). The third-order valence-corrected chi connectivity index (χ3v) is 5.42. The van der Waals surface area contributed by atoms with E-state index in [0.29, 0.717) is 6.42 Å². The van der Waals surface area contributed by atoms with E-state index in [4.69, 9.17) is 0 Å². The Morgan fingerprint density at radius 2 is 1.56 bits per heavy atom. The molecule has 0 aliphatic carbocycles. The van der Waals surface area contributed by atoms with E-state index in [1.165, 1.54) is 62.7 Å². The van der Waals surface area contributed by atoms with Crippen molar-refractivity contribution in [2.45, 2.75) is 88.9 Å². The zero-order valence-corrected chi connectivity index (χ0v) is 16.8. The van der Waals surface area contributed by atoms with Crippen LogP contribution >= 0.6 is 11.8 Å². The van der Waals surface area contributed by atoms with Crippen molar-refractivity contribution in [3.63, 3.8) is 0 Å². The van der Waals surface area contributed by atoms with E-state index >= 15 is 0 Å². The number of aromatic nitrogens is 1. The molecule has 0 aliphatic heterocycles. The van der Waals surface area contributed by atoms with Crippen LogP contribution in [0.25, 0.3) is 0 Å². The molecule has 0 bridgehead atoms. The second kappa shape index (κ2) is 16.4. The van der Waals surface area contributed by atoms with Crippen molar-refractivity contribution in [3.05, 3.63) is 24.5 Å². The average molecular weight is 365 g/mol. The molecule has 1 amide bonds. The Morgan fingerprint density at radius 1 is 0.920 bits per heavy atom. The number of hydrogen-bond acceptors (Lipinski definition) is 3. The number of hydrogen-bond donors (Lipinski definition) is 1. The van der Waals surface area contributed by atoms with Crippen LogP contribution in [0, 0.1) is 0 Å². The van der Waals surface area contributed by atoms with Gasteiger partial charge in [-0.15, -0.1) is 11.8 Å². The summed E-state index contributed by atoms with van der Waals surface area (Å²) < 4.78 is 0. The number of pyridine rings is 1. The van der Waals surface area contributed by atoms with Gasteiger partial charge < -0.3 is 5.32 Å². The number of carbonyl (C=O) groups excluding carboxylic acids is 1. The molecule has 0 spiro atoms. The summed E-state index contributed by atoms with van der Waals surface area (Å²) in [6.07, 6.45) is 18.0. The minimum absolute atomic E-state index is 0.238. The van der Waals surface area contributed by atoms with E-state index in [9.17, 15) is 4.79 Å². The molecule has 1 aromatic heterocycles. The maximum atomic E-state index is 11.8. The lowest BCUT2D eigenvalue weighted by molar-refractivity contribution is -0.121. The number of thioether (sulfide) groups is 1. The Labute approximate surface area is 158 Å². The fourth-order valence-corrected chi connectivity index (χ4v) is 3.66. The van der Waals surface area contributed by atoms with Gasteiger partial charge in [-0.1, -0.05) is 58.3 Å². The fourth-order valence-electron chi connectivity index (χ4n) is 2.76.